The summed E-state index contributed by atoms with van der Waals surface area (Å²) in [4.78, 5) is 3.63. The van der Waals surface area contributed by atoms with Crippen molar-refractivity contribution in [1.82, 2.24) is 9.55 Å². The molecule has 0 saturated heterocycles. The predicted molar refractivity (Wildman–Crippen MR) is 75.2 cm³/mol. The first-order valence-electron chi connectivity index (χ1n) is 5.90. The second-order valence-corrected chi connectivity index (χ2v) is 6.54. The highest BCUT2D eigenvalue weighted by Crippen LogP contribution is 2.34. The van der Waals surface area contributed by atoms with Gasteiger partial charge in [0.1, 0.15) is 5.15 Å². The maximum atomic E-state index is 12.8. The molecule has 2 rings (SSSR count). The molecule has 1 N–H and O–H groups in total. The van der Waals surface area contributed by atoms with Crippen LogP contribution in [0.2, 0.25) is 5.15 Å². The van der Waals surface area contributed by atoms with Crippen molar-refractivity contribution >= 4 is 27.3 Å². The summed E-state index contributed by atoms with van der Waals surface area (Å²) >= 11 is 5.79. The number of aromatic nitrogens is 2. The molecule has 1 aromatic heterocycles. The number of alkyl halides is 3. The fourth-order valence-electron chi connectivity index (χ4n) is 1.77. The highest BCUT2D eigenvalue weighted by molar-refractivity contribution is 7.92. The largest absolute Gasteiger partial charge is 0.416 e. The summed E-state index contributed by atoms with van der Waals surface area (Å²) < 4.78 is 66.1. The van der Waals surface area contributed by atoms with Crippen molar-refractivity contribution in [3.05, 3.63) is 40.8 Å². The number of anilines is 1. The Morgan fingerprint density at radius 3 is 2.45 bits per heavy atom. The third-order valence-electron chi connectivity index (χ3n) is 2.88. The summed E-state index contributed by atoms with van der Waals surface area (Å²) in [5.41, 5.74) is -1.15. The van der Waals surface area contributed by atoms with Gasteiger partial charge in [-0.15, -0.1) is 0 Å². The number of nitrogens with zero attached hydrogens (tertiary/aromatic N) is 2. The van der Waals surface area contributed by atoms with Gasteiger partial charge >= 0.3 is 6.18 Å². The van der Waals surface area contributed by atoms with E-state index in [0.29, 0.717) is 0 Å². The minimum absolute atomic E-state index is 0.00804. The third-order valence-corrected chi connectivity index (χ3v) is 4.75. The molecule has 22 heavy (non-hydrogen) atoms. The summed E-state index contributed by atoms with van der Waals surface area (Å²) in [7, 11) is -2.69. The lowest BCUT2D eigenvalue weighted by atomic mass is 10.1. The molecule has 0 amide bonds. The van der Waals surface area contributed by atoms with Crippen LogP contribution in [0.4, 0.5) is 18.9 Å². The molecule has 0 aliphatic carbocycles. The van der Waals surface area contributed by atoms with Crippen LogP contribution in [-0.4, -0.2) is 18.0 Å². The van der Waals surface area contributed by atoms with E-state index in [-0.39, 0.29) is 16.4 Å². The van der Waals surface area contributed by atoms with Crippen LogP contribution in [0, 0.1) is 6.92 Å². The Balaban J connectivity index is 2.41. The number of imidazole rings is 1. The number of rotatable bonds is 3. The van der Waals surface area contributed by atoms with Gasteiger partial charge in [0.2, 0.25) is 5.03 Å². The zero-order valence-electron chi connectivity index (χ0n) is 11.4. The predicted octanol–water partition coefficient (Wildman–Crippen LogP) is 3.20. The molecular formula is C12H11ClF3N3O2S. The zero-order valence-corrected chi connectivity index (χ0v) is 13.0. The number of hydrogen-bond donors (Lipinski definition) is 1. The van der Waals surface area contributed by atoms with Crippen LogP contribution < -0.4 is 4.72 Å². The number of hydrogen-bond acceptors (Lipinski definition) is 3. The van der Waals surface area contributed by atoms with Gasteiger partial charge < -0.3 is 4.57 Å². The molecule has 0 unspecified atom stereocenters. The van der Waals surface area contributed by atoms with E-state index < -0.39 is 26.8 Å². The summed E-state index contributed by atoms with van der Waals surface area (Å²) in [5, 5.41) is -0.596. The molecule has 2 aromatic rings. The van der Waals surface area contributed by atoms with Crippen LogP contribution in [0.1, 0.15) is 11.1 Å². The minimum atomic E-state index is -4.58. The van der Waals surface area contributed by atoms with Gasteiger partial charge in [0.05, 0.1) is 11.9 Å². The first-order chi connectivity index (χ1) is 10.0. The van der Waals surface area contributed by atoms with Crippen LogP contribution in [0.5, 0.6) is 0 Å². The van der Waals surface area contributed by atoms with Crippen molar-refractivity contribution < 1.29 is 21.6 Å². The standard InChI is InChI=1S/C12H11ClF3N3O2S/c1-7-3-4-8(5-9(7)12(14,15)16)18-22(20,21)11-10(13)19(2)6-17-11/h3-6,18H,1-2H3. The second-order valence-electron chi connectivity index (χ2n) is 4.58. The Morgan fingerprint density at radius 2 is 1.95 bits per heavy atom. The first kappa shape index (κ1) is 16.6. The average molecular weight is 354 g/mol. The molecule has 0 fully saturated rings. The number of halogens is 4. The van der Waals surface area contributed by atoms with Crippen molar-refractivity contribution in [2.75, 3.05) is 4.72 Å². The fourth-order valence-corrected chi connectivity index (χ4v) is 3.25. The van der Waals surface area contributed by atoms with Crippen LogP contribution >= 0.6 is 11.6 Å². The lowest BCUT2D eigenvalue weighted by Gasteiger charge is -2.13. The van der Waals surface area contributed by atoms with Gasteiger partial charge in [-0.3, -0.25) is 4.72 Å². The molecule has 0 spiro atoms. The SMILES string of the molecule is Cc1ccc(NS(=O)(=O)c2ncn(C)c2Cl)cc1C(F)(F)F. The Morgan fingerprint density at radius 1 is 1.32 bits per heavy atom. The summed E-state index contributed by atoms with van der Waals surface area (Å²) in [6.45, 7) is 1.29. The van der Waals surface area contributed by atoms with Crippen molar-refractivity contribution in [3.63, 3.8) is 0 Å². The summed E-state index contributed by atoms with van der Waals surface area (Å²) in [5.74, 6) is 0. The molecule has 0 aliphatic heterocycles. The van der Waals surface area contributed by atoms with Crippen LogP contribution in [0.25, 0.3) is 0 Å². The molecule has 0 aliphatic rings. The van der Waals surface area contributed by atoms with E-state index in [2.05, 4.69) is 4.98 Å². The van der Waals surface area contributed by atoms with Gasteiger partial charge in [-0.25, -0.2) is 4.98 Å². The summed E-state index contributed by atoms with van der Waals surface area (Å²) in [6, 6.07) is 3.14. The second kappa shape index (κ2) is 5.47. The van der Waals surface area contributed by atoms with E-state index in [1.807, 2.05) is 4.72 Å². The zero-order chi connectivity index (χ0) is 16.7. The van der Waals surface area contributed by atoms with Gasteiger partial charge in [-0.1, -0.05) is 17.7 Å². The highest BCUT2D eigenvalue weighted by atomic mass is 35.5. The Bertz CT molecular complexity index is 816. The number of sulfonamides is 1. The van der Waals surface area contributed by atoms with E-state index in [4.69, 9.17) is 11.6 Å². The van der Waals surface area contributed by atoms with Crippen molar-refractivity contribution in [2.24, 2.45) is 7.05 Å². The van der Waals surface area contributed by atoms with E-state index in [0.717, 1.165) is 6.07 Å². The van der Waals surface area contributed by atoms with E-state index >= 15 is 0 Å². The Kier molecular flexibility index (Phi) is 4.14. The number of aryl methyl sites for hydroxylation is 2. The molecular weight excluding hydrogens is 343 g/mol. The van der Waals surface area contributed by atoms with Gasteiger partial charge in [-0.2, -0.15) is 21.6 Å². The minimum Gasteiger partial charge on any atom is -0.324 e. The molecule has 5 nitrogen and oxygen atoms in total. The van der Waals surface area contributed by atoms with Crippen molar-refractivity contribution in [3.8, 4) is 0 Å². The summed E-state index contributed by atoms with van der Waals surface area (Å²) in [6.07, 6.45) is -3.39. The monoisotopic (exact) mass is 353 g/mol. The quantitative estimate of drug-likeness (QED) is 0.921. The highest BCUT2D eigenvalue weighted by Gasteiger charge is 2.33. The van der Waals surface area contributed by atoms with E-state index in [1.54, 1.807) is 0 Å². The number of benzene rings is 1. The van der Waals surface area contributed by atoms with Crippen LogP contribution in [0.3, 0.4) is 0 Å². The van der Waals surface area contributed by atoms with E-state index in [1.165, 1.54) is 37.0 Å². The van der Waals surface area contributed by atoms with Crippen molar-refractivity contribution in [1.29, 1.82) is 0 Å². The molecule has 1 heterocycles. The van der Waals surface area contributed by atoms with Crippen LogP contribution in [0.15, 0.2) is 29.6 Å². The molecule has 0 radical (unpaired) electrons. The normalized spacial score (nSPS) is 12.5. The molecule has 0 atom stereocenters. The molecule has 10 heteroatoms. The maximum Gasteiger partial charge on any atom is 0.416 e. The van der Waals surface area contributed by atoms with Gasteiger partial charge in [0.15, 0.2) is 0 Å². The molecule has 120 valence electrons. The molecule has 0 saturated carbocycles. The lowest BCUT2D eigenvalue weighted by Crippen LogP contribution is -2.15. The van der Waals surface area contributed by atoms with E-state index in [9.17, 15) is 21.6 Å². The number of nitrogens with one attached hydrogen (secondary N) is 1. The molecule has 1 aromatic carbocycles. The average Bonchev–Trinajstić information content (AvgIpc) is 2.71. The fraction of sp³-hybridized carbons (Fsp3) is 0.250. The Hall–Kier alpha value is -1.74. The Labute approximate surface area is 129 Å². The first-order valence-corrected chi connectivity index (χ1v) is 7.76. The van der Waals surface area contributed by atoms with Crippen LogP contribution in [-0.2, 0) is 23.2 Å². The third kappa shape index (κ3) is 3.20. The molecule has 0 bridgehead atoms. The van der Waals surface area contributed by atoms with Crippen molar-refractivity contribution in [2.45, 2.75) is 18.1 Å². The topological polar surface area (TPSA) is 64.0 Å². The van der Waals surface area contributed by atoms with Gasteiger partial charge in [0.25, 0.3) is 10.0 Å². The lowest BCUT2D eigenvalue weighted by molar-refractivity contribution is -0.138. The van der Waals surface area contributed by atoms with Gasteiger partial charge in [-0.05, 0) is 24.6 Å². The smallest absolute Gasteiger partial charge is 0.324 e. The maximum absolute atomic E-state index is 12.8. The van der Waals surface area contributed by atoms with Gasteiger partial charge in [0, 0.05) is 12.7 Å².